The number of carbonyl (C=O) groups is 2. The van der Waals surface area contributed by atoms with Gasteiger partial charge in [0.15, 0.2) is 6.29 Å². The minimum atomic E-state index is -0.940. The zero-order valence-corrected chi connectivity index (χ0v) is 10.8. The molecule has 0 spiro atoms. The molecular weight excluding hydrogens is 262 g/mol. The molecule has 0 aliphatic carbocycles. The van der Waals surface area contributed by atoms with E-state index >= 15 is 0 Å². The minimum Gasteiger partial charge on any atom is -0.480 e. The molecule has 6 heteroatoms. The fraction of sp³-hybridized carbons (Fsp3) is 0.214. The summed E-state index contributed by atoms with van der Waals surface area (Å²) in [5.41, 5.74) is 0.223. The first-order chi connectivity index (χ1) is 9.55. The van der Waals surface area contributed by atoms with Gasteiger partial charge in [-0.3, -0.25) is 9.59 Å². The molecule has 0 amide bonds. The normalized spacial score (nSPS) is 10.4. The minimum absolute atomic E-state index is 0.0388. The van der Waals surface area contributed by atoms with Crippen LogP contribution in [0.3, 0.4) is 0 Å². The van der Waals surface area contributed by atoms with Crippen molar-refractivity contribution in [2.45, 2.75) is 6.92 Å². The van der Waals surface area contributed by atoms with Gasteiger partial charge in [-0.15, -0.1) is 0 Å². The zero-order chi connectivity index (χ0) is 14.7. The lowest BCUT2D eigenvalue weighted by molar-refractivity contribution is -0.135. The summed E-state index contributed by atoms with van der Waals surface area (Å²) in [5, 5.41) is 9.46. The molecule has 0 saturated heterocycles. The van der Waals surface area contributed by atoms with Gasteiger partial charge in [0.25, 0.3) is 0 Å². The molecule has 2 rings (SSSR count). The number of anilines is 1. The van der Waals surface area contributed by atoms with E-state index in [0.717, 1.165) is 0 Å². The van der Waals surface area contributed by atoms with Gasteiger partial charge in [-0.05, 0) is 25.1 Å². The Bertz CT molecular complexity index is 719. The van der Waals surface area contributed by atoms with Gasteiger partial charge in [0.1, 0.15) is 17.7 Å². The summed E-state index contributed by atoms with van der Waals surface area (Å²) in [6.07, 6.45) is 0.446. The molecule has 1 aromatic carbocycles. The van der Waals surface area contributed by atoms with Crippen molar-refractivity contribution in [3.8, 4) is 0 Å². The van der Waals surface area contributed by atoms with Gasteiger partial charge in [-0.25, -0.2) is 4.79 Å². The number of hydrogen-bond donors (Lipinski definition) is 1. The third-order valence-electron chi connectivity index (χ3n) is 2.95. The third kappa shape index (κ3) is 2.69. The number of benzene rings is 1. The Balaban J connectivity index is 2.50. The number of carboxylic acids is 1. The molecule has 6 nitrogen and oxygen atoms in total. The Morgan fingerprint density at radius 2 is 2.15 bits per heavy atom. The smallest absolute Gasteiger partial charge is 0.346 e. The fourth-order valence-electron chi connectivity index (χ4n) is 1.94. The Morgan fingerprint density at radius 1 is 1.40 bits per heavy atom. The Kier molecular flexibility index (Phi) is 3.84. The lowest BCUT2D eigenvalue weighted by Crippen LogP contribution is -2.29. The summed E-state index contributed by atoms with van der Waals surface area (Å²) < 4.78 is 5.06. The summed E-state index contributed by atoms with van der Waals surface area (Å²) in [7, 11) is 0. The molecule has 0 radical (unpaired) electrons. The maximum Gasteiger partial charge on any atom is 0.346 e. The van der Waals surface area contributed by atoms with Crippen LogP contribution in [0.15, 0.2) is 33.5 Å². The fourth-order valence-corrected chi connectivity index (χ4v) is 1.94. The van der Waals surface area contributed by atoms with Crippen molar-refractivity contribution in [1.29, 1.82) is 0 Å². The van der Waals surface area contributed by atoms with Crippen LogP contribution in [0.2, 0.25) is 0 Å². The number of nitrogens with zero attached hydrogens (tertiary/aromatic N) is 1. The maximum atomic E-state index is 11.5. The average Bonchev–Trinajstić information content (AvgIpc) is 2.43. The quantitative estimate of drug-likeness (QED) is 0.657. The lowest BCUT2D eigenvalue weighted by Gasteiger charge is -2.20. The summed E-state index contributed by atoms with van der Waals surface area (Å²) in [6, 6.07) is 6.46. The van der Waals surface area contributed by atoms with Gasteiger partial charge in [0, 0.05) is 23.7 Å². The average molecular weight is 275 g/mol. The van der Waals surface area contributed by atoms with Gasteiger partial charge >= 0.3 is 11.6 Å². The van der Waals surface area contributed by atoms with E-state index in [0.29, 0.717) is 29.5 Å². The SMILES string of the molecule is CCN(CC(=O)O)c1ccc2cc(C=O)c(=O)oc2c1. The maximum absolute atomic E-state index is 11.5. The van der Waals surface area contributed by atoms with Crippen LogP contribution in [0, 0.1) is 0 Å². The molecule has 1 N–H and O–H groups in total. The molecule has 0 aliphatic heterocycles. The highest BCUT2D eigenvalue weighted by Crippen LogP contribution is 2.21. The molecule has 1 heterocycles. The van der Waals surface area contributed by atoms with Crippen LogP contribution in [0.25, 0.3) is 11.0 Å². The van der Waals surface area contributed by atoms with Crippen molar-refractivity contribution < 1.29 is 19.1 Å². The van der Waals surface area contributed by atoms with E-state index < -0.39 is 11.6 Å². The van der Waals surface area contributed by atoms with Gasteiger partial charge in [-0.1, -0.05) is 0 Å². The second-order valence-electron chi connectivity index (χ2n) is 4.24. The van der Waals surface area contributed by atoms with Crippen LogP contribution in [0.1, 0.15) is 17.3 Å². The van der Waals surface area contributed by atoms with Gasteiger partial charge in [0.2, 0.25) is 0 Å². The topological polar surface area (TPSA) is 87.8 Å². The number of hydrogen-bond acceptors (Lipinski definition) is 5. The van der Waals surface area contributed by atoms with Crippen molar-refractivity contribution in [2.24, 2.45) is 0 Å². The van der Waals surface area contributed by atoms with Crippen LogP contribution in [-0.2, 0) is 4.79 Å². The second-order valence-corrected chi connectivity index (χ2v) is 4.24. The Labute approximate surface area is 114 Å². The van der Waals surface area contributed by atoms with Crippen molar-refractivity contribution in [2.75, 3.05) is 18.0 Å². The molecule has 0 fully saturated rings. The predicted molar refractivity (Wildman–Crippen MR) is 73.4 cm³/mol. The summed E-state index contributed by atoms with van der Waals surface area (Å²) in [5.74, 6) is -0.940. The molecule has 0 unspecified atom stereocenters. The second kappa shape index (κ2) is 5.56. The van der Waals surface area contributed by atoms with Crippen LogP contribution in [-0.4, -0.2) is 30.5 Å². The number of carbonyl (C=O) groups excluding carboxylic acids is 1. The van der Waals surface area contributed by atoms with Crippen LogP contribution in [0.4, 0.5) is 5.69 Å². The molecule has 1 aromatic heterocycles. The summed E-state index contributed by atoms with van der Waals surface area (Å²) >= 11 is 0. The van der Waals surface area contributed by atoms with Gasteiger partial charge in [0.05, 0.1) is 0 Å². The van der Waals surface area contributed by atoms with Crippen molar-refractivity contribution in [3.05, 3.63) is 40.2 Å². The molecular formula is C14H13NO5. The highest BCUT2D eigenvalue weighted by Gasteiger charge is 2.11. The first-order valence-electron chi connectivity index (χ1n) is 6.05. The van der Waals surface area contributed by atoms with Gasteiger partial charge in [-0.2, -0.15) is 0 Å². The highest BCUT2D eigenvalue weighted by atomic mass is 16.4. The first-order valence-corrected chi connectivity index (χ1v) is 6.05. The van der Waals surface area contributed by atoms with Crippen LogP contribution in [0.5, 0.6) is 0 Å². The number of rotatable bonds is 5. The van der Waals surface area contributed by atoms with E-state index in [4.69, 9.17) is 9.52 Å². The third-order valence-corrected chi connectivity index (χ3v) is 2.95. The summed E-state index contributed by atoms with van der Waals surface area (Å²) in [4.78, 5) is 34.6. The monoisotopic (exact) mass is 275 g/mol. The summed E-state index contributed by atoms with van der Waals surface area (Å²) in [6.45, 7) is 2.20. The molecule has 104 valence electrons. The molecule has 20 heavy (non-hydrogen) atoms. The van der Waals surface area contributed by atoms with E-state index in [2.05, 4.69) is 0 Å². The largest absolute Gasteiger partial charge is 0.480 e. The predicted octanol–water partition coefficient (Wildman–Crippen LogP) is 1.52. The van der Waals surface area contributed by atoms with E-state index in [1.165, 1.54) is 6.07 Å². The Hall–Kier alpha value is -2.63. The highest BCUT2D eigenvalue weighted by molar-refractivity contribution is 5.86. The van der Waals surface area contributed by atoms with Crippen LogP contribution < -0.4 is 10.5 Å². The van der Waals surface area contributed by atoms with E-state index in [9.17, 15) is 14.4 Å². The molecule has 0 bridgehead atoms. The molecule has 0 saturated carbocycles. The van der Waals surface area contributed by atoms with Gasteiger partial charge < -0.3 is 14.4 Å². The van der Waals surface area contributed by atoms with Crippen molar-refractivity contribution in [3.63, 3.8) is 0 Å². The van der Waals surface area contributed by atoms with Crippen molar-refractivity contribution in [1.82, 2.24) is 0 Å². The lowest BCUT2D eigenvalue weighted by atomic mass is 10.1. The number of carboxylic acid groups (broad SMARTS) is 1. The van der Waals surface area contributed by atoms with Crippen molar-refractivity contribution >= 4 is 28.9 Å². The molecule has 0 aliphatic rings. The number of likely N-dealkylation sites (N-methyl/N-ethyl adjacent to an activating group) is 1. The number of fused-ring (bicyclic) bond motifs is 1. The Morgan fingerprint density at radius 3 is 2.75 bits per heavy atom. The van der Waals surface area contributed by atoms with E-state index in [1.807, 2.05) is 6.92 Å². The van der Waals surface area contributed by atoms with E-state index in [1.54, 1.807) is 23.1 Å². The molecule has 2 aromatic rings. The molecule has 0 atom stereocenters. The number of aldehydes is 1. The number of aliphatic carboxylic acids is 1. The van der Waals surface area contributed by atoms with Crippen LogP contribution >= 0.6 is 0 Å². The first kappa shape index (κ1) is 13.8. The van der Waals surface area contributed by atoms with E-state index in [-0.39, 0.29) is 12.1 Å². The standard InChI is InChI=1S/C14H13NO5/c1-2-15(7-13(17)18)11-4-3-9-5-10(8-16)14(19)20-12(9)6-11/h3-6,8H,2,7H2,1H3,(H,17,18). The zero-order valence-electron chi connectivity index (χ0n) is 10.8.